The topological polar surface area (TPSA) is 49.8 Å². The minimum absolute atomic E-state index is 0.575. The molecule has 0 aliphatic rings. The van der Waals surface area contributed by atoms with Gasteiger partial charge in [0.15, 0.2) is 6.10 Å². The Kier molecular flexibility index (Phi) is 7.48. The Hall–Kier alpha value is -2.33. The highest BCUT2D eigenvalue weighted by Crippen LogP contribution is 2.36. The number of ether oxygens (including phenoxy) is 1. The average molecular weight is 398 g/mol. The number of rotatable bonds is 8. The van der Waals surface area contributed by atoms with Gasteiger partial charge in [-0.2, -0.15) is 0 Å². The normalized spacial score (nSPS) is 12.7. The van der Waals surface area contributed by atoms with Crippen molar-refractivity contribution in [2.75, 3.05) is 19.0 Å². The maximum absolute atomic E-state index is 12.2. The van der Waals surface area contributed by atoms with Crippen LogP contribution in [0.5, 0.6) is 0 Å². The maximum Gasteiger partial charge on any atom is 0.337 e. The Morgan fingerprint density at radius 2 is 1.83 bits per heavy atom. The second-order valence-corrected chi connectivity index (χ2v) is 8.86. The van der Waals surface area contributed by atoms with Crippen LogP contribution in [0, 0.1) is 6.92 Å². The van der Waals surface area contributed by atoms with E-state index < -0.39 is 17.7 Å². The van der Waals surface area contributed by atoms with E-state index >= 15 is 0 Å². The van der Waals surface area contributed by atoms with Gasteiger partial charge in [0.1, 0.15) is 0 Å². The molecule has 4 nitrogen and oxygen atoms in total. The van der Waals surface area contributed by atoms with Crippen LogP contribution in [0.25, 0.3) is 11.1 Å². The summed E-state index contributed by atoms with van der Waals surface area (Å²) in [5, 5.41) is 9.97. The Balaban J connectivity index is 2.64. The molecule has 0 spiro atoms. The predicted octanol–water partition coefficient (Wildman–Crippen LogP) is 6.01. The molecule has 0 bridgehead atoms. The van der Waals surface area contributed by atoms with E-state index in [1.54, 1.807) is 0 Å². The molecule has 0 aliphatic carbocycles. The average Bonchev–Trinajstić information content (AvgIpc) is 2.64. The fraction of sp³-hybridized carbons (Fsp3) is 0.480. The van der Waals surface area contributed by atoms with E-state index in [2.05, 4.69) is 32.0 Å². The molecule has 0 saturated heterocycles. The van der Waals surface area contributed by atoms with E-state index in [9.17, 15) is 9.90 Å². The molecule has 1 N–H and O–H groups in total. The first-order valence-corrected chi connectivity index (χ1v) is 10.3. The van der Waals surface area contributed by atoms with E-state index in [-0.39, 0.29) is 0 Å². The Morgan fingerprint density at radius 3 is 2.38 bits per heavy atom. The summed E-state index contributed by atoms with van der Waals surface area (Å²) in [5.74, 6) is -0.976. The van der Waals surface area contributed by atoms with Crippen molar-refractivity contribution >= 4 is 11.7 Å². The summed E-state index contributed by atoms with van der Waals surface area (Å²) in [6.45, 7) is 9.97. The first-order chi connectivity index (χ1) is 13.5. The third-order valence-electron chi connectivity index (χ3n) is 4.99. The van der Waals surface area contributed by atoms with Gasteiger partial charge in [-0.3, -0.25) is 0 Å². The molecule has 2 aromatic carbocycles. The highest BCUT2D eigenvalue weighted by molar-refractivity contribution is 5.81. The largest absolute Gasteiger partial charge is 0.479 e. The molecule has 1 atom stereocenters. The molecule has 0 amide bonds. The summed E-state index contributed by atoms with van der Waals surface area (Å²) in [6, 6.07) is 12.4. The number of carbonyl (C=O) groups is 1. The van der Waals surface area contributed by atoms with Crippen molar-refractivity contribution < 1.29 is 14.6 Å². The van der Waals surface area contributed by atoms with Gasteiger partial charge < -0.3 is 14.7 Å². The van der Waals surface area contributed by atoms with Crippen molar-refractivity contribution in [3.8, 4) is 11.1 Å². The van der Waals surface area contributed by atoms with Gasteiger partial charge in [-0.1, -0.05) is 37.6 Å². The van der Waals surface area contributed by atoms with Crippen LogP contribution in [0.3, 0.4) is 0 Å². The molecule has 1 unspecified atom stereocenters. The summed E-state index contributed by atoms with van der Waals surface area (Å²) >= 11 is 0. The van der Waals surface area contributed by atoms with Crippen molar-refractivity contribution in [2.24, 2.45) is 0 Å². The summed E-state index contributed by atoms with van der Waals surface area (Å²) in [7, 11) is 3.90. The Labute approximate surface area is 175 Å². The number of nitrogens with zero attached hydrogens (tertiary/aromatic N) is 1. The van der Waals surface area contributed by atoms with Crippen molar-refractivity contribution in [1.29, 1.82) is 0 Å². The fourth-order valence-electron chi connectivity index (χ4n) is 3.38. The number of carboxylic acids is 1. The summed E-state index contributed by atoms with van der Waals surface area (Å²) in [4.78, 5) is 14.1. The number of hydrogen-bond acceptors (Lipinski definition) is 3. The number of unbranched alkanes of at least 4 members (excludes halogenated alkanes) is 1. The molecule has 2 rings (SSSR count). The maximum atomic E-state index is 12.2. The van der Waals surface area contributed by atoms with E-state index in [0.717, 1.165) is 36.1 Å². The van der Waals surface area contributed by atoms with Gasteiger partial charge in [-0.25, -0.2) is 4.79 Å². The van der Waals surface area contributed by atoms with Gasteiger partial charge >= 0.3 is 5.97 Å². The Bertz CT molecular complexity index is 850. The smallest absolute Gasteiger partial charge is 0.337 e. The van der Waals surface area contributed by atoms with Gasteiger partial charge in [0.25, 0.3) is 0 Å². The quantitative estimate of drug-likeness (QED) is 0.592. The van der Waals surface area contributed by atoms with Crippen LogP contribution < -0.4 is 4.90 Å². The zero-order valence-electron chi connectivity index (χ0n) is 18.9. The SMILES string of the molecule is CCCCc1cc(-c2ccc(N(C)C)cc2C(OC(C)(C)C)C(=O)O)ccc1C. The van der Waals surface area contributed by atoms with E-state index in [1.165, 1.54) is 11.1 Å². The highest BCUT2D eigenvalue weighted by Gasteiger charge is 2.29. The van der Waals surface area contributed by atoms with Crippen LogP contribution in [0.1, 0.15) is 63.3 Å². The molecule has 29 heavy (non-hydrogen) atoms. The molecule has 158 valence electrons. The van der Waals surface area contributed by atoms with Gasteiger partial charge in [-0.15, -0.1) is 0 Å². The Morgan fingerprint density at radius 1 is 1.14 bits per heavy atom. The first-order valence-electron chi connectivity index (χ1n) is 10.3. The summed E-state index contributed by atoms with van der Waals surface area (Å²) < 4.78 is 5.98. The lowest BCUT2D eigenvalue weighted by Gasteiger charge is -2.28. The lowest BCUT2D eigenvalue weighted by atomic mass is 9.91. The van der Waals surface area contributed by atoms with E-state index in [1.807, 2.05) is 58.0 Å². The fourth-order valence-corrected chi connectivity index (χ4v) is 3.38. The molecule has 4 heteroatoms. The lowest BCUT2D eigenvalue weighted by molar-refractivity contribution is -0.160. The second-order valence-electron chi connectivity index (χ2n) is 8.86. The van der Waals surface area contributed by atoms with Crippen LogP contribution in [-0.4, -0.2) is 30.8 Å². The highest BCUT2D eigenvalue weighted by atomic mass is 16.5. The van der Waals surface area contributed by atoms with Gasteiger partial charge in [0.05, 0.1) is 5.60 Å². The van der Waals surface area contributed by atoms with E-state index in [4.69, 9.17) is 4.74 Å². The molecular weight excluding hydrogens is 362 g/mol. The van der Waals surface area contributed by atoms with Gasteiger partial charge in [0, 0.05) is 25.3 Å². The second kappa shape index (κ2) is 9.45. The van der Waals surface area contributed by atoms with Crippen LogP contribution in [-0.2, 0) is 16.0 Å². The molecule has 0 radical (unpaired) electrons. The molecule has 0 fully saturated rings. The minimum atomic E-state index is -1.04. The van der Waals surface area contributed by atoms with Crippen LogP contribution in [0.15, 0.2) is 36.4 Å². The number of benzene rings is 2. The number of aliphatic carboxylic acids is 1. The van der Waals surface area contributed by atoms with Crippen LogP contribution in [0.2, 0.25) is 0 Å². The molecule has 0 aromatic heterocycles. The van der Waals surface area contributed by atoms with Gasteiger partial charge in [0.2, 0.25) is 0 Å². The zero-order chi connectivity index (χ0) is 21.8. The molecular formula is C25H35NO3. The third-order valence-corrected chi connectivity index (χ3v) is 4.99. The lowest BCUT2D eigenvalue weighted by Crippen LogP contribution is -2.28. The molecule has 0 aliphatic heterocycles. The van der Waals surface area contributed by atoms with Crippen LogP contribution in [0.4, 0.5) is 5.69 Å². The van der Waals surface area contributed by atoms with Crippen LogP contribution >= 0.6 is 0 Å². The number of anilines is 1. The first kappa shape index (κ1) is 23.0. The van der Waals surface area contributed by atoms with Crippen molar-refractivity contribution in [3.05, 3.63) is 53.1 Å². The standard InChI is InChI=1S/C25H35NO3/c1-8-9-10-18-15-19(12-11-17(18)2)21-14-13-20(26(6)7)16-22(21)23(24(27)28)29-25(3,4)5/h11-16,23H,8-10H2,1-7H3,(H,27,28). The van der Waals surface area contributed by atoms with Crippen molar-refractivity contribution in [2.45, 2.75) is 65.6 Å². The molecule has 0 heterocycles. The minimum Gasteiger partial charge on any atom is -0.479 e. The van der Waals surface area contributed by atoms with E-state index in [0.29, 0.717) is 5.56 Å². The predicted molar refractivity (Wildman–Crippen MR) is 121 cm³/mol. The molecule has 0 saturated carbocycles. The molecule has 2 aromatic rings. The summed E-state index contributed by atoms with van der Waals surface area (Å²) in [5.41, 5.74) is 5.59. The third kappa shape index (κ3) is 6.07. The zero-order valence-corrected chi connectivity index (χ0v) is 18.9. The monoisotopic (exact) mass is 397 g/mol. The summed E-state index contributed by atoms with van der Waals surface area (Å²) in [6.07, 6.45) is 2.28. The van der Waals surface area contributed by atoms with Crippen molar-refractivity contribution in [3.63, 3.8) is 0 Å². The van der Waals surface area contributed by atoms with Gasteiger partial charge in [-0.05, 0) is 74.9 Å². The van der Waals surface area contributed by atoms with Crippen molar-refractivity contribution in [1.82, 2.24) is 0 Å². The number of carboxylic acid groups (broad SMARTS) is 1. The number of aryl methyl sites for hydroxylation is 2. The number of hydrogen-bond donors (Lipinski definition) is 1.